The van der Waals surface area contributed by atoms with Crippen LogP contribution < -0.4 is 16.0 Å². The number of allylic oxidation sites excluding steroid dienone is 1. The minimum Gasteiger partial charge on any atom is -0.457 e. The quantitative estimate of drug-likeness (QED) is 0.210. The average molecular weight is 580 g/mol. The molecule has 3 amide bonds. The molecule has 0 bridgehead atoms. The summed E-state index contributed by atoms with van der Waals surface area (Å²) in [5, 5.41) is 18.0. The van der Waals surface area contributed by atoms with Crippen LogP contribution in [0.3, 0.4) is 0 Å². The van der Waals surface area contributed by atoms with Crippen molar-refractivity contribution in [3.8, 4) is 0 Å². The van der Waals surface area contributed by atoms with Crippen molar-refractivity contribution in [1.82, 2.24) is 16.0 Å². The fourth-order valence-electron chi connectivity index (χ4n) is 3.75. The van der Waals surface area contributed by atoms with E-state index in [1.54, 1.807) is 16.9 Å². The number of rotatable bonds is 8. The van der Waals surface area contributed by atoms with Crippen LogP contribution in [0.5, 0.6) is 0 Å². The Morgan fingerprint density at radius 1 is 1.18 bits per heavy atom. The molecule has 216 valence electrons. The van der Waals surface area contributed by atoms with Crippen molar-refractivity contribution in [3.63, 3.8) is 0 Å². The lowest BCUT2D eigenvalue weighted by Crippen LogP contribution is -2.55. The maximum Gasteiger partial charge on any atom is 0.309 e. The van der Waals surface area contributed by atoms with E-state index in [9.17, 15) is 24.3 Å². The Morgan fingerprint density at radius 3 is 2.64 bits per heavy atom. The van der Waals surface area contributed by atoms with E-state index in [1.807, 2.05) is 51.1 Å². The van der Waals surface area contributed by atoms with Crippen LogP contribution >= 0.6 is 21.6 Å². The Kier molecular flexibility index (Phi) is 14.5. The zero-order valence-electron chi connectivity index (χ0n) is 23.1. The number of aliphatic hydroxyl groups is 1. The van der Waals surface area contributed by atoms with E-state index in [0.29, 0.717) is 18.7 Å². The smallest absolute Gasteiger partial charge is 0.309 e. The van der Waals surface area contributed by atoms with E-state index in [1.165, 1.54) is 17.7 Å². The van der Waals surface area contributed by atoms with Gasteiger partial charge in [-0.1, -0.05) is 71.3 Å². The number of benzene rings is 1. The molecule has 1 aromatic rings. The predicted octanol–water partition coefficient (Wildman–Crippen LogP) is 2.69. The molecule has 0 aliphatic carbocycles. The van der Waals surface area contributed by atoms with Gasteiger partial charge in [-0.05, 0) is 37.8 Å². The number of ether oxygens (including phenoxy) is 1. The minimum absolute atomic E-state index is 0.181. The van der Waals surface area contributed by atoms with Crippen LogP contribution in [0.25, 0.3) is 0 Å². The van der Waals surface area contributed by atoms with Gasteiger partial charge in [-0.15, -0.1) is 0 Å². The average Bonchev–Trinajstić information content (AvgIpc) is 2.84. The van der Waals surface area contributed by atoms with Crippen molar-refractivity contribution in [3.05, 3.63) is 47.5 Å². The summed E-state index contributed by atoms with van der Waals surface area (Å²) in [6, 6.07) is 5.94. The van der Waals surface area contributed by atoms with Gasteiger partial charge in [-0.2, -0.15) is 0 Å². The zero-order chi connectivity index (χ0) is 28.8. The van der Waals surface area contributed by atoms with Crippen LogP contribution in [0.2, 0.25) is 0 Å². The molecule has 9 nitrogen and oxygen atoms in total. The number of carbonyl (C=O) groups is 4. The van der Waals surface area contributed by atoms with Crippen LogP contribution in [-0.4, -0.2) is 71.1 Å². The van der Waals surface area contributed by atoms with Crippen molar-refractivity contribution < 1.29 is 29.0 Å². The van der Waals surface area contributed by atoms with Gasteiger partial charge in [0.15, 0.2) is 0 Å². The lowest BCUT2D eigenvalue weighted by Gasteiger charge is -2.24. The first-order valence-electron chi connectivity index (χ1n) is 13.2. The standard InChI is InChI=1S/C28H41N3O6S2/c1-18(2)16-29-27(35)24-17-39-38-11-6-5-10-22(37-26(34)13-20(4)32)15-25(33)30-23(28(36)31-24)14-21-9-7-8-19(3)12-21/h5,7-10,12,18,20,22-24,32H,6,11,13-17H2,1-4H3,(H,29,35)(H,30,33)(H,31,36)/b10-5+/t20-,22-,23-,24-/m1/s1. The van der Waals surface area contributed by atoms with Crippen molar-refractivity contribution in [1.29, 1.82) is 0 Å². The molecule has 0 unspecified atom stereocenters. The molecule has 0 saturated carbocycles. The number of carbonyl (C=O) groups excluding carboxylic acids is 4. The number of nitrogens with one attached hydrogen (secondary N) is 3. The zero-order valence-corrected chi connectivity index (χ0v) is 24.7. The summed E-state index contributed by atoms with van der Waals surface area (Å²) in [4.78, 5) is 51.7. The molecule has 0 aromatic heterocycles. The summed E-state index contributed by atoms with van der Waals surface area (Å²) < 4.78 is 5.44. The van der Waals surface area contributed by atoms with Crippen LogP contribution in [-0.2, 0) is 30.3 Å². The van der Waals surface area contributed by atoms with Crippen LogP contribution in [0.15, 0.2) is 36.4 Å². The van der Waals surface area contributed by atoms with Gasteiger partial charge in [0, 0.05) is 24.5 Å². The first-order valence-corrected chi connectivity index (χ1v) is 15.7. The van der Waals surface area contributed by atoms with Gasteiger partial charge >= 0.3 is 5.97 Å². The Labute approximate surface area is 239 Å². The van der Waals surface area contributed by atoms with Gasteiger partial charge in [0.2, 0.25) is 17.7 Å². The third-order valence-electron chi connectivity index (χ3n) is 5.66. The van der Waals surface area contributed by atoms with E-state index in [-0.39, 0.29) is 31.1 Å². The van der Waals surface area contributed by atoms with E-state index in [2.05, 4.69) is 16.0 Å². The maximum absolute atomic E-state index is 13.5. The summed E-state index contributed by atoms with van der Waals surface area (Å²) in [7, 11) is 3.06. The highest BCUT2D eigenvalue weighted by molar-refractivity contribution is 8.76. The Morgan fingerprint density at radius 2 is 1.95 bits per heavy atom. The molecule has 0 radical (unpaired) electrons. The second-order valence-electron chi connectivity index (χ2n) is 10.1. The summed E-state index contributed by atoms with van der Waals surface area (Å²) in [6.07, 6.45) is 2.34. The largest absolute Gasteiger partial charge is 0.457 e. The molecular weight excluding hydrogens is 538 g/mol. The third-order valence-corrected chi connectivity index (χ3v) is 8.11. The second kappa shape index (κ2) is 17.2. The fourth-order valence-corrected chi connectivity index (χ4v) is 5.91. The van der Waals surface area contributed by atoms with Gasteiger partial charge < -0.3 is 25.8 Å². The molecule has 0 spiro atoms. The topological polar surface area (TPSA) is 134 Å². The number of aliphatic hydroxyl groups excluding tert-OH is 1. The van der Waals surface area contributed by atoms with Crippen LogP contribution in [0, 0.1) is 12.8 Å². The van der Waals surface area contributed by atoms with E-state index >= 15 is 0 Å². The maximum atomic E-state index is 13.5. The number of esters is 1. The van der Waals surface area contributed by atoms with Crippen LogP contribution in [0.4, 0.5) is 0 Å². The normalized spacial score (nSPS) is 23.0. The van der Waals surface area contributed by atoms with Crippen molar-refractivity contribution in [2.45, 2.75) is 77.7 Å². The van der Waals surface area contributed by atoms with E-state index < -0.39 is 42.1 Å². The van der Waals surface area contributed by atoms with Gasteiger partial charge in [-0.3, -0.25) is 19.2 Å². The number of hydrogen-bond donors (Lipinski definition) is 4. The lowest BCUT2D eigenvalue weighted by atomic mass is 10.0. The summed E-state index contributed by atoms with van der Waals surface area (Å²) in [6.45, 7) is 7.92. The Hall–Kier alpha value is -2.50. The van der Waals surface area contributed by atoms with E-state index in [4.69, 9.17) is 4.74 Å². The molecule has 1 aromatic carbocycles. The molecule has 4 N–H and O–H groups in total. The second-order valence-corrected chi connectivity index (χ2v) is 12.7. The monoisotopic (exact) mass is 579 g/mol. The number of aryl methyl sites for hydroxylation is 1. The fraction of sp³-hybridized carbons (Fsp3) is 0.571. The molecule has 1 aliphatic rings. The molecule has 39 heavy (non-hydrogen) atoms. The summed E-state index contributed by atoms with van der Waals surface area (Å²) in [5.74, 6) is -0.452. The molecule has 1 heterocycles. The highest BCUT2D eigenvalue weighted by Gasteiger charge is 2.28. The van der Waals surface area contributed by atoms with Crippen LogP contribution in [0.1, 0.15) is 51.2 Å². The molecule has 11 heteroatoms. The van der Waals surface area contributed by atoms with Crippen molar-refractivity contribution in [2.24, 2.45) is 5.92 Å². The van der Waals surface area contributed by atoms with Crippen molar-refractivity contribution >= 4 is 45.3 Å². The number of hydrogen-bond acceptors (Lipinski definition) is 8. The Balaban J connectivity index is 2.27. The highest BCUT2D eigenvalue weighted by atomic mass is 33.1. The number of amides is 3. The predicted molar refractivity (Wildman–Crippen MR) is 156 cm³/mol. The third kappa shape index (κ3) is 13.4. The SMILES string of the molecule is Cc1cccc(C[C@H]2NC(=O)C[C@H](OC(=O)C[C@@H](C)O)/C=C/CCSSC[C@H](C(=O)NCC(C)C)NC2=O)c1. The molecule has 1 aliphatic heterocycles. The first kappa shape index (κ1) is 32.7. The highest BCUT2D eigenvalue weighted by Crippen LogP contribution is 2.23. The van der Waals surface area contributed by atoms with Crippen molar-refractivity contribution in [2.75, 3.05) is 18.1 Å². The van der Waals surface area contributed by atoms with Gasteiger partial charge in [0.1, 0.15) is 18.2 Å². The first-order chi connectivity index (χ1) is 18.5. The molecule has 2 rings (SSSR count). The molecular formula is C28H41N3O6S2. The lowest BCUT2D eigenvalue weighted by molar-refractivity contribution is -0.150. The van der Waals surface area contributed by atoms with Gasteiger partial charge in [0.05, 0.1) is 18.9 Å². The summed E-state index contributed by atoms with van der Waals surface area (Å²) in [5.41, 5.74) is 1.88. The Bertz CT molecular complexity index is 1000. The molecule has 4 atom stereocenters. The van der Waals surface area contributed by atoms with E-state index in [0.717, 1.165) is 16.9 Å². The molecule has 0 fully saturated rings. The molecule has 0 saturated heterocycles. The summed E-state index contributed by atoms with van der Waals surface area (Å²) >= 11 is 0. The van der Waals surface area contributed by atoms with Gasteiger partial charge in [0.25, 0.3) is 0 Å². The van der Waals surface area contributed by atoms with Gasteiger partial charge in [-0.25, -0.2) is 0 Å². The minimum atomic E-state index is -0.944.